The molecule has 8 nitrogen and oxygen atoms in total. The molecule has 4 rings (SSSR count). The lowest BCUT2D eigenvalue weighted by atomic mass is 10.2. The number of anilines is 3. The molecule has 0 spiro atoms. The van der Waals surface area contributed by atoms with Gasteiger partial charge in [-0.2, -0.15) is 0 Å². The number of nitrogens with zero attached hydrogens (tertiary/aromatic N) is 3. The van der Waals surface area contributed by atoms with Crippen molar-refractivity contribution in [3.63, 3.8) is 0 Å². The van der Waals surface area contributed by atoms with Crippen LogP contribution in [0, 0.1) is 0 Å². The number of carbonyl (C=O) groups is 3. The summed E-state index contributed by atoms with van der Waals surface area (Å²) in [5.74, 6) is -0.520. The molecule has 2 N–H and O–H groups in total. The van der Waals surface area contributed by atoms with E-state index in [4.69, 9.17) is 0 Å². The maximum absolute atomic E-state index is 12.8. The zero-order valence-electron chi connectivity index (χ0n) is 16.9. The Hall–Kier alpha value is -3.72. The van der Waals surface area contributed by atoms with Gasteiger partial charge < -0.3 is 15.5 Å². The zero-order valence-corrected chi connectivity index (χ0v) is 17.7. The number of thiazole rings is 1. The largest absolute Gasteiger partial charge is 0.326 e. The molecule has 0 saturated carbocycles. The summed E-state index contributed by atoms with van der Waals surface area (Å²) in [6.07, 6.45) is 0. The molecule has 0 unspecified atom stereocenters. The molecule has 2 heterocycles. The third-order valence-corrected chi connectivity index (χ3v) is 5.59. The summed E-state index contributed by atoms with van der Waals surface area (Å²) >= 11 is 1.27. The summed E-state index contributed by atoms with van der Waals surface area (Å²) < 4.78 is 0. The predicted octanol–water partition coefficient (Wildman–Crippen LogP) is 3.80. The number of hydrogen-bond acceptors (Lipinski definition) is 5. The molecule has 1 fully saturated rings. The monoisotopic (exact) mass is 435 g/mol. The summed E-state index contributed by atoms with van der Waals surface area (Å²) in [4.78, 5) is 44.1. The lowest BCUT2D eigenvalue weighted by Crippen LogP contribution is -2.31. The number of amides is 4. The van der Waals surface area contributed by atoms with Gasteiger partial charge >= 0.3 is 6.03 Å². The number of aromatic nitrogens is 1. The first kappa shape index (κ1) is 20.5. The van der Waals surface area contributed by atoms with Crippen LogP contribution in [0.4, 0.5) is 21.3 Å². The molecule has 4 amide bonds. The fraction of sp³-hybridized carbons (Fsp3) is 0.182. The number of nitrogens with one attached hydrogen (secondary N) is 2. The molecule has 31 heavy (non-hydrogen) atoms. The fourth-order valence-corrected chi connectivity index (χ4v) is 4.06. The summed E-state index contributed by atoms with van der Waals surface area (Å²) in [5, 5.41) is 7.59. The van der Waals surface area contributed by atoms with Crippen LogP contribution in [0.25, 0.3) is 0 Å². The highest BCUT2D eigenvalue weighted by Crippen LogP contribution is 2.26. The van der Waals surface area contributed by atoms with Crippen molar-refractivity contribution in [3.8, 4) is 0 Å². The second-order valence-corrected chi connectivity index (χ2v) is 7.91. The Bertz CT molecular complexity index is 1100. The smallest absolute Gasteiger partial charge is 0.326 e. The van der Waals surface area contributed by atoms with E-state index in [1.165, 1.54) is 18.3 Å². The highest BCUT2D eigenvalue weighted by atomic mass is 32.1. The number of hydrogen-bond donors (Lipinski definition) is 2. The third-order valence-electron chi connectivity index (χ3n) is 4.73. The third kappa shape index (κ3) is 4.89. The summed E-state index contributed by atoms with van der Waals surface area (Å²) in [5.41, 5.74) is 2.55. The van der Waals surface area contributed by atoms with Crippen molar-refractivity contribution in [1.29, 1.82) is 0 Å². The molecule has 0 bridgehead atoms. The maximum Gasteiger partial charge on any atom is 0.326 e. The van der Waals surface area contributed by atoms with Gasteiger partial charge in [0.15, 0.2) is 5.13 Å². The first-order chi connectivity index (χ1) is 15.0. The molecule has 1 aliphatic heterocycles. The van der Waals surface area contributed by atoms with Crippen LogP contribution in [-0.4, -0.2) is 40.8 Å². The van der Waals surface area contributed by atoms with Crippen LogP contribution in [0.3, 0.4) is 0 Å². The van der Waals surface area contributed by atoms with E-state index in [1.807, 2.05) is 30.3 Å². The van der Waals surface area contributed by atoms with Crippen LogP contribution in [0.15, 0.2) is 60.0 Å². The van der Waals surface area contributed by atoms with E-state index >= 15 is 0 Å². The average molecular weight is 436 g/mol. The van der Waals surface area contributed by atoms with Gasteiger partial charge in [0.2, 0.25) is 5.91 Å². The number of benzene rings is 2. The highest BCUT2D eigenvalue weighted by Gasteiger charge is 2.31. The standard InChI is InChI=1S/C22H21N5O3S/c1-15(28)23-17-7-9-18(10-8-17)24-20(29)19-14-31-21(25-19)27-12-11-26(22(27)30)13-16-5-3-2-4-6-16/h2-10,14H,11-13H2,1H3,(H,23,28)(H,24,29). The summed E-state index contributed by atoms with van der Waals surface area (Å²) in [6, 6.07) is 16.5. The van der Waals surface area contributed by atoms with Crippen molar-refractivity contribution in [2.45, 2.75) is 13.5 Å². The minimum atomic E-state index is -0.359. The molecule has 3 aromatic rings. The molecule has 1 aliphatic rings. The average Bonchev–Trinajstić information content (AvgIpc) is 3.37. The minimum absolute atomic E-state index is 0.112. The first-order valence-electron chi connectivity index (χ1n) is 9.74. The van der Waals surface area contributed by atoms with Gasteiger partial charge in [-0.05, 0) is 29.8 Å². The zero-order chi connectivity index (χ0) is 21.8. The molecule has 0 radical (unpaired) electrons. The maximum atomic E-state index is 12.8. The number of rotatable bonds is 6. The molecular formula is C22H21N5O3S. The Morgan fingerprint density at radius 2 is 1.68 bits per heavy atom. The van der Waals surface area contributed by atoms with Crippen LogP contribution in [0.1, 0.15) is 23.0 Å². The van der Waals surface area contributed by atoms with Gasteiger partial charge in [0.1, 0.15) is 5.69 Å². The van der Waals surface area contributed by atoms with Crippen LogP contribution in [0.5, 0.6) is 0 Å². The van der Waals surface area contributed by atoms with Gasteiger partial charge in [-0.1, -0.05) is 30.3 Å². The predicted molar refractivity (Wildman–Crippen MR) is 120 cm³/mol. The van der Waals surface area contributed by atoms with Gasteiger partial charge in [-0.3, -0.25) is 14.5 Å². The molecule has 9 heteroatoms. The number of urea groups is 1. The Morgan fingerprint density at radius 3 is 2.35 bits per heavy atom. The van der Waals surface area contributed by atoms with E-state index in [2.05, 4.69) is 15.6 Å². The highest BCUT2D eigenvalue weighted by molar-refractivity contribution is 7.14. The van der Waals surface area contributed by atoms with Crippen LogP contribution in [-0.2, 0) is 11.3 Å². The van der Waals surface area contributed by atoms with E-state index in [9.17, 15) is 14.4 Å². The molecule has 1 aromatic heterocycles. The van der Waals surface area contributed by atoms with E-state index in [-0.39, 0.29) is 23.5 Å². The molecular weight excluding hydrogens is 414 g/mol. The minimum Gasteiger partial charge on any atom is -0.326 e. The number of carbonyl (C=O) groups excluding carboxylic acids is 3. The van der Waals surface area contributed by atoms with Gasteiger partial charge in [-0.25, -0.2) is 9.78 Å². The van der Waals surface area contributed by atoms with Gasteiger partial charge in [0.05, 0.1) is 0 Å². The Balaban J connectivity index is 1.38. The van der Waals surface area contributed by atoms with Crippen molar-refractivity contribution in [2.75, 3.05) is 28.6 Å². The quantitative estimate of drug-likeness (QED) is 0.616. The summed E-state index contributed by atoms with van der Waals surface area (Å²) in [7, 11) is 0. The molecule has 0 atom stereocenters. The van der Waals surface area contributed by atoms with Gasteiger partial charge in [0, 0.05) is 43.3 Å². The first-order valence-corrected chi connectivity index (χ1v) is 10.6. The topological polar surface area (TPSA) is 94.6 Å². The lowest BCUT2D eigenvalue weighted by molar-refractivity contribution is -0.114. The van der Waals surface area contributed by atoms with Crippen molar-refractivity contribution >= 4 is 45.7 Å². The van der Waals surface area contributed by atoms with E-state index < -0.39 is 0 Å². The molecule has 0 aliphatic carbocycles. The van der Waals surface area contributed by atoms with Crippen molar-refractivity contribution in [2.24, 2.45) is 0 Å². The van der Waals surface area contributed by atoms with E-state index in [0.717, 1.165) is 5.56 Å². The lowest BCUT2D eigenvalue weighted by Gasteiger charge is -2.16. The van der Waals surface area contributed by atoms with Gasteiger partial charge in [0.25, 0.3) is 5.91 Å². The van der Waals surface area contributed by atoms with Crippen molar-refractivity contribution < 1.29 is 14.4 Å². The van der Waals surface area contributed by atoms with E-state index in [0.29, 0.717) is 36.1 Å². The van der Waals surface area contributed by atoms with E-state index in [1.54, 1.807) is 39.4 Å². The summed E-state index contributed by atoms with van der Waals surface area (Å²) in [6.45, 7) is 3.12. The fourth-order valence-electron chi connectivity index (χ4n) is 3.24. The SMILES string of the molecule is CC(=O)Nc1ccc(NC(=O)c2csc(N3CCN(Cc4ccccc4)C3=O)n2)cc1. The Kier molecular flexibility index (Phi) is 5.94. The molecule has 2 aromatic carbocycles. The Labute approximate surface area is 183 Å². The van der Waals surface area contributed by atoms with Crippen molar-refractivity contribution in [3.05, 3.63) is 71.2 Å². The Morgan fingerprint density at radius 1 is 1.00 bits per heavy atom. The van der Waals surface area contributed by atoms with Crippen LogP contribution < -0.4 is 15.5 Å². The second kappa shape index (κ2) is 8.97. The van der Waals surface area contributed by atoms with Gasteiger partial charge in [-0.15, -0.1) is 11.3 Å². The molecule has 158 valence electrons. The van der Waals surface area contributed by atoms with Crippen molar-refractivity contribution in [1.82, 2.24) is 9.88 Å². The van der Waals surface area contributed by atoms with Crippen LogP contribution in [0.2, 0.25) is 0 Å². The second-order valence-electron chi connectivity index (χ2n) is 7.07. The van der Waals surface area contributed by atoms with Crippen LogP contribution >= 0.6 is 11.3 Å². The molecule has 1 saturated heterocycles. The normalized spacial score (nSPS) is 13.4.